The van der Waals surface area contributed by atoms with Gasteiger partial charge in [0.25, 0.3) is 0 Å². The Balaban J connectivity index is 2.50. The molecule has 110 valence electrons. The molecule has 1 aromatic rings. The Bertz CT molecular complexity index is 600. The first kappa shape index (κ1) is 14.8. The first-order valence-corrected chi connectivity index (χ1v) is 7.12. The highest BCUT2D eigenvalue weighted by Gasteiger charge is 2.41. The summed E-state index contributed by atoms with van der Waals surface area (Å²) in [4.78, 5) is 27.4. The van der Waals surface area contributed by atoms with Crippen molar-refractivity contribution < 1.29 is 9.90 Å². The monoisotopic (exact) mass is 278 g/mol. The number of aromatic nitrogens is 2. The van der Waals surface area contributed by atoms with E-state index in [2.05, 4.69) is 11.9 Å². The van der Waals surface area contributed by atoms with Gasteiger partial charge in [-0.2, -0.15) is 4.98 Å². The van der Waals surface area contributed by atoms with Crippen molar-refractivity contribution in [2.75, 3.05) is 0 Å². The normalized spacial score (nSPS) is 17.8. The second-order valence-electron chi connectivity index (χ2n) is 5.98. The van der Waals surface area contributed by atoms with Gasteiger partial charge in [0.05, 0.1) is 5.92 Å². The average Bonchev–Trinajstić information content (AvgIpc) is 3.14. The molecular weight excluding hydrogens is 256 g/mol. The summed E-state index contributed by atoms with van der Waals surface area (Å²) in [5, 5.41) is 9.22. The van der Waals surface area contributed by atoms with E-state index in [0.717, 1.165) is 25.0 Å². The van der Waals surface area contributed by atoms with Crippen molar-refractivity contribution in [3.05, 3.63) is 27.4 Å². The molecule has 1 heterocycles. The van der Waals surface area contributed by atoms with E-state index >= 15 is 0 Å². The van der Waals surface area contributed by atoms with E-state index in [1.807, 2.05) is 6.92 Å². The Labute approximate surface area is 118 Å². The summed E-state index contributed by atoms with van der Waals surface area (Å²) in [6.45, 7) is 7.97. The molecular formula is C15H22N2O3. The maximum absolute atomic E-state index is 12.1. The van der Waals surface area contributed by atoms with Gasteiger partial charge in [0.1, 0.15) is 0 Å². The molecule has 1 aromatic heterocycles. The van der Waals surface area contributed by atoms with Crippen molar-refractivity contribution in [3.63, 3.8) is 0 Å². The van der Waals surface area contributed by atoms with Crippen LogP contribution in [0.4, 0.5) is 0 Å². The zero-order chi connectivity index (χ0) is 15.1. The Hall–Kier alpha value is -1.65. The zero-order valence-corrected chi connectivity index (χ0v) is 12.6. The molecule has 1 unspecified atom stereocenters. The summed E-state index contributed by atoms with van der Waals surface area (Å²) < 4.78 is 1.66. The molecule has 0 spiro atoms. The molecule has 0 saturated heterocycles. The highest BCUT2D eigenvalue weighted by atomic mass is 16.4. The van der Waals surface area contributed by atoms with Crippen LogP contribution in [0, 0.1) is 19.3 Å². The standard InChI is InChI=1S/C15H22N2O3/c1-5-15(6-7-15)8-17-11(4)12(9(2)13(18)19)10(3)16-14(17)20/h9H,5-8H2,1-4H3,(H,18,19). The predicted octanol–water partition coefficient (Wildman–Crippen LogP) is 2.24. The summed E-state index contributed by atoms with van der Waals surface area (Å²) in [6.07, 6.45) is 3.30. The third-order valence-corrected chi connectivity index (χ3v) is 4.68. The van der Waals surface area contributed by atoms with Crippen LogP contribution in [0.1, 0.15) is 56.0 Å². The van der Waals surface area contributed by atoms with Crippen LogP contribution in [0.5, 0.6) is 0 Å². The van der Waals surface area contributed by atoms with Crippen LogP contribution < -0.4 is 5.69 Å². The fourth-order valence-electron chi connectivity index (χ4n) is 2.89. The van der Waals surface area contributed by atoms with Crippen LogP contribution in [0.25, 0.3) is 0 Å². The number of aliphatic carboxylic acids is 1. The second-order valence-corrected chi connectivity index (χ2v) is 5.98. The number of carboxylic acids is 1. The van der Waals surface area contributed by atoms with Crippen molar-refractivity contribution in [2.45, 2.75) is 59.4 Å². The molecule has 5 nitrogen and oxygen atoms in total. The highest BCUT2D eigenvalue weighted by Crippen LogP contribution is 2.50. The van der Waals surface area contributed by atoms with Gasteiger partial charge in [-0.3, -0.25) is 9.36 Å². The van der Waals surface area contributed by atoms with E-state index in [4.69, 9.17) is 0 Å². The van der Waals surface area contributed by atoms with E-state index in [9.17, 15) is 14.7 Å². The molecule has 0 aromatic carbocycles. The van der Waals surface area contributed by atoms with Gasteiger partial charge in [0, 0.05) is 23.5 Å². The molecule has 0 aliphatic heterocycles. The maximum Gasteiger partial charge on any atom is 0.347 e. The summed E-state index contributed by atoms with van der Waals surface area (Å²) >= 11 is 0. The molecule has 1 aliphatic carbocycles. The van der Waals surface area contributed by atoms with Crippen molar-refractivity contribution in [3.8, 4) is 0 Å². The number of nitrogens with zero attached hydrogens (tertiary/aromatic N) is 2. The molecule has 2 rings (SSSR count). The second kappa shape index (κ2) is 5.04. The average molecular weight is 278 g/mol. The minimum atomic E-state index is -0.889. The van der Waals surface area contributed by atoms with Crippen LogP contribution in [0.3, 0.4) is 0 Å². The minimum Gasteiger partial charge on any atom is -0.481 e. The van der Waals surface area contributed by atoms with Crippen LogP contribution in [-0.2, 0) is 11.3 Å². The third-order valence-electron chi connectivity index (χ3n) is 4.68. The lowest BCUT2D eigenvalue weighted by Gasteiger charge is -2.21. The minimum absolute atomic E-state index is 0.218. The molecule has 1 aliphatic rings. The van der Waals surface area contributed by atoms with Crippen LogP contribution in [0.15, 0.2) is 4.79 Å². The summed E-state index contributed by atoms with van der Waals surface area (Å²) in [6, 6.07) is 0. The van der Waals surface area contributed by atoms with Crippen LogP contribution >= 0.6 is 0 Å². The van der Waals surface area contributed by atoms with Crippen LogP contribution in [-0.4, -0.2) is 20.6 Å². The predicted molar refractivity (Wildman–Crippen MR) is 76.0 cm³/mol. The largest absolute Gasteiger partial charge is 0.481 e. The molecule has 1 fully saturated rings. The first-order chi connectivity index (χ1) is 9.31. The molecule has 0 radical (unpaired) electrons. The summed E-state index contributed by atoms with van der Waals surface area (Å²) in [7, 11) is 0. The smallest absolute Gasteiger partial charge is 0.347 e. The molecule has 1 saturated carbocycles. The summed E-state index contributed by atoms with van der Waals surface area (Å²) in [5.41, 5.74) is 1.90. The molecule has 1 atom stereocenters. The Morgan fingerprint density at radius 2 is 2.05 bits per heavy atom. The molecule has 0 amide bonds. The number of aryl methyl sites for hydroxylation is 1. The van der Waals surface area contributed by atoms with Crippen LogP contribution in [0.2, 0.25) is 0 Å². The fourth-order valence-corrected chi connectivity index (χ4v) is 2.89. The van der Waals surface area contributed by atoms with Crippen molar-refractivity contribution in [2.24, 2.45) is 5.41 Å². The molecule has 0 bridgehead atoms. The van der Waals surface area contributed by atoms with Gasteiger partial charge < -0.3 is 5.11 Å². The number of carboxylic acid groups (broad SMARTS) is 1. The highest BCUT2D eigenvalue weighted by molar-refractivity contribution is 5.76. The molecule has 20 heavy (non-hydrogen) atoms. The van der Waals surface area contributed by atoms with E-state index in [1.54, 1.807) is 18.4 Å². The summed E-state index contributed by atoms with van der Waals surface area (Å²) in [5.74, 6) is -1.54. The lowest BCUT2D eigenvalue weighted by Crippen LogP contribution is -2.32. The van der Waals surface area contributed by atoms with Gasteiger partial charge >= 0.3 is 11.7 Å². The number of rotatable bonds is 5. The van der Waals surface area contributed by atoms with Gasteiger partial charge in [-0.25, -0.2) is 4.79 Å². The molecule has 5 heteroatoms. The third kappa shape index (κ3) is 2.49. The van der Waals surface area contributed by atoms with E-state index in [0.29, 0.717) is 17.8 Å². The van der Waals surface area contributed by atoms with E-state index in [-0.39, 0.29) is 11.1 Å². The van der Waals surface area contributed by atoms with Gasteiger partial charge in [-0.15, -0.1) is 0 Å². The number of carbonyl (C=O) groups is 1. The first-order valence-electron chi connectivity index (χ1n) is 7.12. The number of hydrogen-bond donors (Lipinski definition) is 1. The van der Waals surface area contributed by atoms with Crippen molar-refractivity contribution in [1.82, 2.24) is 9.55 Å². The lowest BCUT2D eigenvalue weighted by molar-refractivity contribution is -0.138. The van der Waals surface area contributed by atoms with E-state index < -0.39 is 11.9 Å². The SMILES string of the molecule is CCC1(Cn2c(C)c(C(C)C(=O)O)c(C)nc2=O)CC1. The quantitative estimate of drug-likeness (QED) is 0.896. The fraction of sp³-hybridized carbons (Fsp3) is 0.667. The maximum atomic E-state index is 12.1. The van der Waals surface area contributed by atoms with E-state index in [1.165, 1.54) is 0 Å². The Morgan fingerprint density at radius 3 is 2.50 bits per heavy atom. The van der Waals surface area contributed by atoms with Gasteiger partial charge in [0.2, 0.25) is 0 Å². The van der Waals surface area contributed by atoms with Gasteiger partial charge in [0.15, 0.2) is 0 Å². The van der Waals surface area contributed by atoms with Gasteiger partial charge in [-0.05, 0) is 45.4 Å². The topological polar surface area (TPSA) is 72.2 Å². The zero-order valence-electron chi connectivity index (χ0n) is 12.6. The van der Waals surface area contributed by atoms with Crippen molar-refractivity contribution >= 4 is 5.97 Å². The Morgan fingerprint density at radius 1 is 1.45 bits per heavy atom. The number of hydrogen-bond acceptors (Lipinski definition) is 3. The van der Waals surface area contributed by atoms with Gasteiger partial charge in [-0.1, -0.05) is 6.92 Å². The lowest BCUT2D eigenvalue weighted by atomic mass is 9.97. The Kier molecular flexibility index (Phi) is 3.71. The van der Waals surface area contributed by atoms with Crippen molar-refractivity contribution in [1.29, 1.82) is 0 Å². The molecule has 1 N–H and O–H groups in total.